The summed E-state index contributed by atoms with van der Waals surface area (Å²) in [6.45, 7) is 2.26. The van der Waals surface area contributed by atoms with Gasteiger partial charge in [0.05, 0.1) is 0 Å². The fourth-order valence-electron chi connectivity index (χ4n) is 3.10. The van der Waals surface area contributed by atoms with Crippen molar-refractivity contribution < 1.29 is 0 Å². The number of aryl methyl sites for hydroxylation is 2. The van der Waals surface area contributed by atoms with Gasteiger partial charge in [-0.15, -0.1) is 0 Å². The minimum Gasteiger partial charge on any atom is -0.0622 e. The Balaban J connectivity index is 1.89. The van der Waals surface area contributed by atoms with Crippen molar-refractivity contribution in [2.75, 3.05) is 0 Å². The molecule has 0 aliphatic heterocycles. The highest BCUT2D eigenvalue weighted by Crippen LogP contribution is 2.27. The SMILES string of the molecule is CCc1c(CCc2ccccc2)cccc1-c1ccccc1. The summed E-state index contributed by atoms with van der Waals surface area (Å²) in [6, 6.07) is 28.2. The predicted molar refractivity (Wildman–Crippen MR) is 95.1 cm³/mol. The molecule has 0 saturated carbocycles. The number of benzene rings is 3. The molecular formula is C22H22. The lowest BCUT2D eigenvalue weighted by molar-refractivity contribution is 0.932. The third-order valence-electron chi connectivity index (χ3n) is 4.24. The molecule has 3 aromatic carbocycles. The largest absolute Gasteiger partial charge is 0.0622 e. The van der Waals surface area contributed by atoms with Gasteiger partial charge in [-0.05, 0) is 47.1 Å². The molecule has 0 saturated heterocycles. The lowest BCUT2D eigenvalue weighted by Crippen LogP contribution is -1.99. The highest BCUT2D eigenvalue weighted by atomic mass is 14.1. The van der Waals surface area contributed by atoms with Gasteiger partial charge in [-0.3, -0.25) is 0 Å². The van der Waals surface area contributed by atoms with Crippen LogP contribution < -0.4 is 0 Å². The second-order valence-corrected chi connectivity index (χ2v) is 5.65. The van der Waals surface area contributed by atoms with Gasteiger partial charge in [0.1, 0.15) is 0 Å². The minimum absolute atomic E-state index is 1.08. The third kappa shape index (κ3) is 3.28. The second-order valence-electron chi connectivity index (χ2n) is 5.65. The van der Waals surface area contributed by atoms with Crippen molar-refractivity contribution in [3.8, 4) is 11.1 Å². The van der Waals surface area contributed by atoms with Crippen LogP contribution in [0.2, 0.25) is 0 Å². The maximum Gasteiger partial charge on any atom is -0.0149 e. The molecule has 0 bridgehead atoms. The van der Waals surface area contributed by atoms with Gasteiger partial charge in [0.15, 0.2) is 0 Å². The van der Waals surface area contributed by atoms with Crippen LogP contribution in [0.4, 0.5) is 0 Å². The number of hydrogen-bond acceptors (Lipinski definition) is 0. The van der Waals surface area contributed by atoms with Crippen molar-refractivity contribution in [1.82, 2.24) is 0 Å². The molecule has 0 heteroatoms. The van der Waals surface area contributed by atoms with Crippen molar-refractivity contribution in [3.63, 3.8) is 0 Å². The fraction of sp³-hybridized carbons (Fsp3) is 0.182. The number of hydrogen-bond donors (Lipinski definition) is 0. The quantitative estimate of drug-likeness (QED) is 0.564. The van der Waals surface area contributed by atoms with Crippen LogP contribution in [0.25, 0.3) is 11.1 Å². The van der Waals surface area contributed by atoms with E-state index in [4.69, 9.17) is 0 Å². The molecule has 0 radical (unpaired) electrons. The van der Waals surface area contributed by atoms with Crippen LogP contribution >= 0.6 is 0 Å². The van der Waals surface area contributed by atoms with Crippen LogP contribution in [0.3, 0.4) is 0 Å². The van der Waals surface area contributed by atoms with Crippen LogP contribution in [0.1, 0.15) is 23.6 Å². The van der Waals surface area contributed by atoms with E-state index in [1.807, 2.05) is 0 Å². The van der Waals surface area contributed by atoms with Gasteiger partial charge in [0, 0.05) is 0 Å². The van der Waals surface area contributed by atoms with Gasteiger partial charge < -0.3 is 0 Å². The predicted octanol–water partition coefficient (Wildman–Crippen LogP) is 5.70. The molecule has 0 amide bonds. The lowest BCUT2D eigenvalue weighted by Gasteiger charge is -2.14. The molecule has 0 aromatic heterocycles. The van der Waals surface area contributed by atoms with E-state index in [2.05, 4.69) is 85.8 Å². The Morgan fingerprint density at radius 3 is 2.00 bits per heavy atom. The molecule has 0 aliphatic rings. The summed E-state index contributed by atoms with van der Waals surface area (Å²) in [7, 11) is 0. The molecule has 0 heterocycles. The smallest absolute Gasteiger partial charge is 0.0149 e. The summed E-state index contributed by atoms with van der Waals surface area (Å²) < 4.78 is 0. The summed E-state index contributed by atoms with van der Waals surface area (Å²) in [5.41, 5.74) is 7.08. The first-order valence-corrected chi connectivity index (χ1v) is 8.08. The normalized spacial score (nSPS) is 10.6. The summed E-state index contributed by atoms with van der Waals surface area (Å²) in [6.07, 6.45) is 3.29. The standard InChI is InChI=1S/C22H22/c1-2-21-20(17-16-18-10-5-3-6-11-18)14-9-15-22(21)19-12-7-4-8-13-19/h3-15H,2,16-17H2,1H3. The summed E-state index contributed by atoms with van der Waals surface area (Å²) in [5.74, 6) is 0. The first-order valence-electron chi connectivity index (χ1n) is 8.08. The monoisotopic (exact) mass is 286 g/mol. The summed E-state index contributed by atoms with van der Waals surface area (Å²) in [5, 5.41) is 0. The molecule has 22 heavy (non-hydrogen) atoms. The fourth-order valence-corrected chi connectivity index (χ4v) is 3.10. The van der Waals surface area contributed by atoms with Crippen molar-refractivity contribution >= 4 is 0 Å². The van der Waals surface area contributed by atoms with Crippen molar-refractivity contribution in [2.45, 2.75) is 26.2 Å². The van der Waals surface area contributed by atoms with E-state index in [0.29, 0.717) is 0 Å². The van der Waals surface area contributed by atoms with Gasteiger partial charge in [0.25, 0.3) is 0 Å². The average Bonchev–Trinajstić information content (AvgIpc) is 2.61. The summed E-state index contributed by atoms with van der Waals surface area (Å²) >= 11 is 0. The van der Waals surface area contributed by atoms with Crippen LogP contribution in [0, 0.1) is 0 Å². The maximum atomic E-state index is 2.29. The zero-order valence-corrected chi connectivity index (χ0v) is 13.1. The van der Waals surface area contributed by atoms with Gasteiger partial charge in [0.2, 0.25) is 0 Å². The molecule has 0 atom stereocenters. The maximum absolute atomic E-state index is 2.29. The van der Waals surface area contributed by atoms with Crippen LogP contribution in [-0.2, 0) is 19.3 Å². The van der Waals surface area contributed by atoms with E-state index in [1.54, 1.807) is 0 Å². The van der Waals surface area contributed by atoms with Crippen molar-refractivity contribution in [3.05, 3.63) is 95.6 Å². The van der Waals surface area contributed by atoms with Crippen LogP contribution in [0.15, 0.2) is 78.9 Å². The number of rotatable bonds is 5. The Hall–Kier alpha value is -2.34. The molecule has 0 spiro atoms. The van der Waals surface area contributed by atoms with E-state index in [9.17, 15) is 0 Å². The Morgan fingerprint density at radius 1 is 0.636 bits per heavy atom. The Bertz CT molecular complexity index is 712. The molecule has 0 fully saturated rings. The average molecular weight is 286 g/mol. The Kier molecular flexibility index (Phi) is 4.70. The lowest BCUT2D eigenvalue weighted by atomic mass is 9.91. The molecule has 110 valence electrons. The van der Waals surface area contributed by atoms with E-state index in [0.717, 1.165) is 19.3 Å². The first-order chi connectivity index (χ1) is 10.9. The third-order valence-corrected chi connectivity index (χ3v) is 4.24. The first kappa shape index (κ1) is 14.6. The molecule has 0 nitrogen and oxygen atoms in total. The van der Waals surface area contributed by atoms with Crippen LogP contribution in [-0.4, -0.2) is 0 Å². The second kappa shape index (κ2) is 7.09. The van der Waals surface area contributed by atoms with Gasteiger partial charge in [-0.1, -0.05) is 85.8 Å². The molecule has 0 aliphatic carbocycles. The minimum atomic E-state index is 1.08. The molecule has 0 N–H and O–H groups in total. The molecule has 3 rings (SSSR count). The van der Waals surface area contributed by atoms with Gasteiger partial charge in [-0.25, -0.2) is 0 Å². The van der Waals surface area contributed by atoms with Gasteiger partial charge >= 0.3 is 0 Å². The highest BCUT2D eigenvalue weighted by Gasteiger charge is 2.08. The van der Waals surface area contributed by atoms with Crippen LogP contribution in [0.5, 0.6) is 0 Å². The highest BCUT2D eigenvalue weighted by molar-refractivity contribution is 5.68. The van der Waals surface area contributed by atoms with E-state index in [-0.39, 0.29) is 0 Å². The zero-order chi connectivity index (χ0) is 15.2. The summed E-state index contributed by atoms with van der Waals surface area (Å²) in [4.78, 5) is 0. The molecular weight excluding hydrogens is 264 g/mol. The molecule has 3 aromatic rings. The van der Waals surface area contributed by atoms with E-state index in [1.165, 1.54) is 27.8 Å². The zero-order valence-electron chi connectivity index (χ0n) is 13.1. The van der Waals surface area contributed by atoms with E-state index < -0.39 is 0 Å². The van der Waals surface area contributed by atoms with E-state index >= 15 is 0 Å². The Labute approximate surface area is 133 Å². The molecule has 0 unspecified atom stereocenters. The van der Waals surface area contributed by atoms with Crippen molar-refractivity contribution in [1.29, 1.82) is 0 Å². The van der Waals surface area contributed by atoms with Gasteiger partial charge in [-0.2, -0.15) is 0 Å². The Morgan fingerprint density at radius 2 is 1.32 bits per heavy atom. The van der Waals surface area contributed by atoms with Crippen molar-refractivity contribution in [2.24, 2.45) is 0 Å². The topological polar surface area (TPSA) is 0 Å².